The van der Waals surface area contributed by atoms with Gasteiger partial charge in [0.1, 0.15) is 0 Å². The molecule has 2 amide bonds. The van der Waals surface area contributed by atoms with Gasteiger partial charge in [-0.25, -0.2) is 0 Å². The number of ether oxygens (including phenoxy) is 1. The van der Waals surface area contributed by atoms with Crippen molar-refractivity contribution < 1.29 is 14.3 Å². The van der Waals surface area contributed by atoms with Crippen LogP contribution < -0.4 is 0 Å². The van der Waals surface area contributed by atoms with E-state index in [4.69, 9.17) is 4.74 Å². The summed E-state index contributed by atoms with van der Waals surface area (Å²) in [6.07, 6.45) is 5.77. The van der Waals surface area contributed by atoms with Crippen molar-refractivity contribution in [1.82, 2.24) is 9.80 Å². The maximum absolute atomic E-state index is 13.6. The maximum Gasteiger partial charge on any atom is 0.233 e. The van der Waals surface area contributed by atoms with Gasteiger partial charge in [0.05, 0.1) is 17.6 Å². The molecule has 0 N–H and O–H groups in total. The Labute approximate surface area is 161 Å². The molecule has 1 saturated carbocycles. The molecule has 0 aromatic heterocycles. The second-order valence-corrected chi connectivity index (χ2v) is 8.42. The lowest BCUT2D eigenvalue weighted by atomic mass is 9.76. The molecule has 2 saturated heterocycles. The van der Waals surface area contributed by atoms with Gasteiger partial charge in [0.2, 0.25) is 11.8 Å². The third-order valence-corrected chi connectivity index (χ3v) is 6.85. The minimum Gasteiger partial charge on any atom is -0.371 e. The molecule has 2 heterocycles. The van der Waals surface area contributed by atoms with Gasteiger partial charge >= 0.3 is 0 Å². The third kappa shape index (κ3) is 3.38. The summed E-state index contributed by atoms with van der Waals surface area (Å²) in [6.45, 7) is 5.01. The van der Waals surface area contributed by atoms with Crippen molar-refractivity contribution in [3.05, 3.63) is 35.9 Å². The minimum atomic E-state index is -0.343. The number of hydrogen-bond acceptors (Lipinski definition) is 3. The molecule has 1 aromatic carbocycles. The lowest BCUT2D eigenvalue weighted by Crippen LogP contribution is -2.59. The van der Waals surface area contributed by atoms with E-state index in [1.807, 2.05) is 23.1 Å². The third-order valence-electron chi connectivity index (χ3n) is 6.85. The molecule has 5 nitrogen and oxygen atoms in total. The summed E-state index contributed by atoms with van der Waals surface area (Å²) in [5.41, 5.74) is 0.561. The Morgan fingerprint density at radius 3 is 2.22 bits per heavy atom. The number of carbonyl (C=O) groups excluding carboxylic acids is 2. The molecular formula is C22H30N2O3. The van der Waals surface area contributed by atoms with Crippen molar-refractivity contribution in [1.29, 1.82) is 0 Å². The highest BCUT2D eigenvalue weighted by atomic mass is 16.5. The van der Waals surface area contributed by atoms with Crippen LogP contribution in [-0.4, -0.2) is 60.0 Å². The summed E-state index contributed by atoms with van der Waals surface area (Å²) in [6, 6.07) is 10.3. The second kappa shape index (κ2) is 7.27. The molecule has 1 aliphatic carbocycles. The van der Waals surface area contributed by atoms with Gasteiger partial charge in [0.25, 0.3) is 0 Å². The molecule has 0 bridgehead atoms. The van der Waals surface area contributed by atoms with Crippen molar-refractivity contribution in [2.45, 2.75) is 56.5 Å². The number of piperidine rings is 1. The summed E-state index contributed by atoms with van der Waals surface area (Å²) in [4.78, 5) is 29.3. The summed E-state index contributed by atoms with van der Waals surface area (Å²) in [5.74, 6) is 0.408. The van der Waals surface area contributed by atoms with Gasteiger partial charge in [-0.05, 0) is 31.2 Å². The summed E-state index contributed by atoms with van der Waals surface area (Å²) in [7, 11) is 0. The fraction of sp³-hybridized carbons (Fsp3) is 0.636. The van der Waals surface area contributed by atoms with Crippen molar-refractivity contribution in [3.63, 3.8) is 0 Å². The smallest absolute Gasteiger partial charge is 0.233 e. The highest BCUT2D eigenvalue weighted by molar-refractivity contribution is 5.88. The van der Waals surface area contributed by atoms with Crippen LogP contribution in [0.15, 0.2) is 30.3 Å². The van der Waals surface area contributed by atoms with Crippen molar-refractivity contribution >= 4 is 11.8 Å². The molecular weight excluding hydrogens is 340 g/mol. The normalized spacial score (nSPS) is 24.2. The molecule has 0 atom stereocenters. The Kier molecular flexibility index (Phi) is 4.97. The molecule has 4 rings (SSSR count). The molecule has 3 fully saturated rings. The van der Waals surface area contributed by atoms with Crippen LogP contribution in [0, 0.1) is 0 Å². The Morgan fingerprint density at radius 1 is 0.926 bits per heavy atom. The van der Waals surface area contributed by atoms with Gasteiger partial charge in [-0.3, -0.25) is 9.59 Å². The van der Waals surface area contributed by atoms with Crippen molar-refractivity contribution in [3.8, 4) is 0 Å². The van der Waals surface area contributed by atoms with E-state index in [-0.39, 0.29) is 16.9 Å². The summed E-state index contributed by atoms with van der Waals surface area (Å²) in [5, 5.41) is 0. The van der Waals surface area contributed by atoms with Crippen molar-refractivity contribution in [2.75, 3.05) is 32.8 Å². The highest BCUT2D eigenvalue weighted by Crippen LogP contribution is 2.43. The topological polar surface area (TPSA) is 49.9 Å². The van der Waals surface area contributed by atoms with Gasteiger partial charge in [0.15, 0.2) is 0 Å². The number of carbonyl (C=O) groups is 2. The Hall–Kier alpha value is -1.88. The van der Waals surface area contributed by atoms with Crippen LogP contribution in [0.4, 0.5) is 0 Å². The number of rotatable bonds is 2. The molecule has 146 valence electrons. The van der Waals surface area contributed by atoms with Crippen LogP contribution in [0.25, 0.3) is 0 Å². The maximum atomic E-state index is 13.6. The van der Waals surface area contributed by atoms with E-state index < -0.39 is 0 Å². The van der Waals surface area contributed by atoms with E-state index in [0.29, 0.717) is 25.6 Å². The average Bonchev–Trinajstić information content (AvgIpc) is 3.20. The Bertz CT molecular complexity index is 689. The van der Waals surface area contributed by atoms with Gasteiger partial charge < -0.3 is 14.5 Å². The van der Waals surface area contributed by atoms with Gasteiger partial charge in [-0.1, -0.05) is 43.2 Å². The minimum absolute atomic E-state index is 0.116. The van der Waals surface area contributed by atoms with E-state index in [1.165, 1.54) is 5.56 Å². The monoisotopic (exact) mass is 370 g/mol. The number of hydrogen-bond donors (Lipinski definition) is 0. The van der Waals surface area contributed by atoms with E-state index >= 15 is 0 Å². The zero-order valence-corrected chi connectivity index (χ0v) is 16.3. The van der Waals surface area contributed by atoms with E-state index in [0.717, 1.165) is 51.6 Å². The molecule has 0 unspecified atom stereocenters. The molecule has 5 heteroatoms. The number of benzene rings is 1. The first kappa shape index (κ1) is 18.5. The van der Waals surface area contributed by atoms with Gasteiger partial charge in [-0.2, -0.15) is 0 Å². The zero-order valence-electron chi connectivity index (χ0n) is 16.3. The van der Waals surface area contributed by atoms with Crippen LogP contribution in [0.3, 0.4) is 0 Å². The number of amides is 2. The Morgan fingerprint density at radius 2 is 1.59 bits per heavy atom. The van der Waals surface area contributed by atoms with Crippen LogP contribution >= 0.6 is 0 Å². The molecule has 1 aromatic rings. The fourth-order valence-corrected chi connectivity index (χ4v) is 5.20. The quantitative estimate of drug-likeness (QED) is 0.804. The first-order chi connectivity index (χ1) is 13.0. The predicted molar refractivity (Wildman–Crippen MR) is 103 cm³/mol. The lowest BCUT2D eigenvalue weighted by Gasteiger charge is -2.48. The first-order valence-electron chi connectivity index (χ1n) is 10.3. The zero-order chi connectivity index (χ0) is 18.9. The first-order valence-corrected chi connectivity index (χ1v) is 10.3. The SMILES string of the molecule is CC(=O)N1CCOC2(CCN(C(=O)C3(c4ccccc4)CCCC3)CC2)C1. The molecule has 27 heavy (non-hydrogen) atoms. The van der Waals surface area contributed by atoms with Crippen LogP contribution in [-0.2, 0) is 19.7 Å². The van der Waals surface area contributed by atoms with Crippen LogP contribution in [0.1, 0.15) is 51.0 Å². The summed E-state index contributed by atoms with van der Waals surface area (Å²) >= 11 is 0. The second-order valence-electron chi connectivity index (χ2n) is 8.42. The van der Waals surface area contributed by atoms with Crippen LogP contribution in [0.5, 0.6) is 0 Å². The van der Waals surface area contributed by atoms with Crippen molar-refractivity contribution in [2.24, 2.45) is 0 Å². The number of morpholine rings is 1. The molecule has 2 aliphatic heterocycles. The standard InChI is InChI=1S/C22H30N2O3/c1-18(25)24-15-16-27-21(17-24)11-13-23(14-12-21)20(26)22(9-5-6-10-22)19-7-3-2-4-8-19/h2-4,7-8H,5-6,9-17H2,1H3. The van der Waals surface area contributed by atoms with E-state index in [2.05, 4.69) is 17.0 Å². The molecule has 0 radical (unpaired) electrons. The predicted octanol–water partition coefficient (Wildman–Crippen LogP) is 2.74. The Balaban J connectivity index is 1.47. The lowest BCUT2D eigenvalue weighted by molar-refractivity contribution is -0.163. The van der Waals surface area contributed by atoms with Gasteiger partial charge in [-0.15, -0.1) is 0 Å². The van der Waals surface area contributed by atoms with Crippen LogP contribution in [0.2, 0.25) is 0 Å². The fourth-order valence-electron chi connectivity index (χ4n) is 5.20. The number of nitrogens with zero attached hydrogens (tertiary/aromatic N) is 2. The molecule has 3 aliphatic rings. The van der Waals surface area contributed by atoms with E-state index in [1.54, 1.807) is 6.92 Å². The summed E-state index contributed by atoms with van der Waals surface area (Å²) < 4.78 is 6.12. The highest BCUT2D eigenvalue weighted by Gasteiger charge is 2.48. The number of likely N-dealkylation sites (tertiary alicyclic amines) is 1. The molecule has 1 spiro atoms. The van der Waals surface area contributed by atoms with Gasteiger partial charge in [0, 0.05) is 33.1 Å². The average molecular weight is 370 g/mol. The van der Waals surface area contributed by atoms with E-state index in [9.17, 15) is 9.59 Å². The largest absolute Gasteiger partial charge is 0.371 e.